The highest BCUT2D eigenvalue weighted by molar-refractivity contribution is 5.78. The van der Waals surface area contributed by atoms with Crippen molar-refractivity contribution >= 4 is 5.97 Å². The van der Waals surface area contributed by atoms with Crippen LogP contribution < -0.4 is 0 Å². The summed E-state index contributed by atoms with van der Waals surface area (Å²) in [5, 5.41) is 10.9. The smallest absolute Gasteiger partial charge is 0.312 e. The van der Waals surface area contributed by atoms with Gasteiger partial charge in [-0.25, -0.2) is 0 Å². The van der Waals surface area contributed by atoms with Crippen molar-refractivity contribution in [3.05, 3.63) is 11.6 Å². The standard InChI is InChI=1S/C31H50O3/c1-19-11-16-31(26(33)34-8)18-17-29(6)21(25(31)20(19)2)9-10-23-28(5)14-13-24(32)27(3,4)22(28)12-15-30(23,29)7/h9,19-20,22-25,32H,10-18H2,1-8H3/t19-,20+,22?,23?,24?,25?,28+,29-,30-,31+/m1/s1. The number of ether oxygens (including phenoxy) is 1. The Hall–Kier alpha value is -0.830. The lowest BCUT2D eigenvalue weighted by molar-refractivity contribution is -0.207. The second kappa shape index (κ2) is 7.59. The number of aliphatic hydroxyl groups excluding tert-OH is 1. The van der Waals surface area contributed by atoms with Crippen molar-refractivity contribution < 1.29 is 14.6 Å². The van der Waals surface area contributed by atoms with Crippen LogP contribution in [0.2, 0.25) is 0 Å². The summed E-state index contributed by atoms with van der Waals surface area (Å²) in [5.41, 5.74) is 1.91. The SMILES string of the molecule is COC(=O)[C@]12CC[C@@H](C)[C@H](C)C1C1=CCC3[C@@]4(C)CCC(O)C(C)(C)C4CC[C@@]3(C)[C@]1(C)CC2. The van der Waals surface area contributed by atoms with Crippen LogP contribution in [0.25, 0.3) is 0 Å². The number of aliphatic hydroxyl groups is 1. The monoisotopic (exact) mass is 470 g/mol. The molecule has 5 rings (SSSR count). The third kappa shape index (κ3) is 2.83. The third-order valence-electron chi connectivity index (χ3n) is 13.6. The summed E-state index contributed by atoms with van der Waals surface area (Å²) in [6, 6.07) is 0. The van der Waals surface area contributed by atoms with Gasteiger partial charge in [-0.3, -0.25) is 4.79 Å². The van der Waals surface area contributed by atoms with E-state index in [1.807, 2.05) is 0 Å². The molecule has 0 saturated heterocycles. The summed E-state index contributed by atoms with van der Waals surface area (Å²) < 4.78 is 5.51. The number of methoxy groups -OCH3 is 1. The summed E-state index contributed by atoms with van der Waals surface area (Å²) in [5.74, 6) is 2.73. The lowest BCUT2D eigenvalue weighted by Crippen LogP contribution is -2.65. The molecule has 34 heavy (non-hydrogen) atoms. The summed E-state index contributed by atoms with van der Waals surface area (Å²) in [6.45, 7) is 17.2. The Morgan fingerprint density at radius 3 is 2.32 bits per heavy atom. The Bertz CT molecular complexity index is 889. The third-order valence-corrected chi connectivity index (χ3v) is 13.6. The van der Waals surface area contributed by atoms with E-state index in [9.17, 15) is 9.90 Å². The minimum Gasteiger partial charge on any atom is -0.469 e. The van der Waals surface area contributed by atoms with Crippen LogP contribution in [-0.2, 0) is 9.53 Å². The van der Waals surface area contributed by atoms with Crippen LogP contribution in [0, 0.1) is 56.7 Å². The van der Waals surface area contributed by atoms with Crippen LogP contribution >= 0.6 is 0 Å². The first kappa shape index (κ1) is 24.8. The second-order valence-electron chi connectivity index (χ2n) is 14.7. The van der Waals surface area contributed by atoms with E-state index in [0.29, 0.717) is 29.6 Å². The summed E-state index contributed by atoms with van der Waals surface area (Å²) in [7, 11) is 1.60. The van der Waals surface area contributed by atoms with Gasteiger partial charge in [-0.05, 0) is 109 Å². The molecule has 0 radical (unpaired) electrons. The van der Waals surface area contributed by atoms with Crippen molar-refractivity contribution in [3.8, 4) is 0 Å². The molecule has 0 bridgehead atoms. The topological polar surface area (TPSA) is 46.5 Å². The van der Waals surface area contributed by atoms with Crippen LogP contribution in [0.15, 0.2) is 11.6 Å². The molecular weight excluding hydrogens is 420 g/mol. The van der Waals surface area contributed by atoms with Gasteiger partial charge in [0.15, 0.2) is 0 Å². The maximum atomic E-state index is 13.4. The van der Waals surface area contributed by atoms with Crippen molar-refractivity contribution in [3.63, 3.8) is 0 Å². The van der Waals surface area contributed by atoms with Gasteiger partial charge in [-0.2, -0.15) is 0 Å². The molecule has 0 amide bonds. The highest BCUT2D eigenvalue weighted by Gasteiger charge is 2.69. The number of fused-ring (bicyclic) bond motifs is 7. The fourth-order valence-electron chi connectivity index (χ4n) is 11.0. The van der Waals surface area contributed by atoms with Crippen LogP contribution in [0.1, 0.15) is 106 Å². The quantitative estimate of drug-likeness (QED) is 0.326. The lowest BCUT2D eigenvalue weighted by atomic mass is 9.33. The van der Waals surface area contributed by atoms with E-state index in [0.717, 1.165) is 44.9 Å². The van der Waals surface area contributed by atoms with Gasteiger partial charge in [0.1, 0.15) is 0 Å². The first-order chi connectivity index (χ1) is 15.8. The van der Waals surface area contributed by atoms with Crippen LogP contribution in [0.5, 0.6) is 0 Å². The van der Waals surface area contributed by atoms with Gasteiger partial charge >= 0.3 is 5.97 Å². The van der Waals surface area contributed by atoms with Crippen molar-refractivity contribution in [1.82, 2.24) is 0 Å². The first-order valence-corrected chi connectivity index (χ1v) is 14.3. The van der Waals surface area contributed by atoms with E-state index >= 15 is 0 Å². The second-order valence-corrected chi connectivity index (χ2v) is 14.7. The Morgan fingerprint density at radius 1 is 0.941 bits per heavy atom. The van der Waals surface area contributed by atoms with Gasteiger partial charge in [0.25, 0.3) is 0 Å². The number of allylic oxidation sites excluding steroid dienone is 2. The molecular formula is C31H50O3. The van der Waals surface area contributed by atoms with Gasteiger partial charge in [0, 0.05) is 0 Å². The van der Waals surface area contributed by atoms with Gasteiger partial charge in [0.05, 0.1) is 18.6 Å². The fourth-order valence-corrected chi connectivity index (χ4v) is 11.0. The molecule has 5 aliphatic carbocycles. The molecule has 4 fully saturated rings. The summed E-state index contributed by atoms with van der Waals surface area (Å²) >= 11 is 0. The normalized spacial score (nSPS) is 54.0. The zero-order chi connectivity index (χ0) is 24.9. The minimum absolute atomic E-state index is 0.0147. The molecule has 0 aromatic heterocycles. The summed E-state index contributed by atoms with van der Waals surface area (Å²) in [4.78, 5) is 13.4. The number of carbonyl (C=O) groups excluding carboxylic acids is 1. The van der Waals surface area contributed by atoms with Gasteiger partial charge in [0.2, 0.25) is 0 Å². The molecule has 1 N–H and O–H groups in total. The molecule has 10 atom stereocenters. The largest absolute Gasteiger partial charge is 0.469 e. The average Bonchev–Trinajstić information content (AvgIpc) is 2.79. The Balaban J connectivity index is 1.61. The number of esters is 1. The highest BCUT2D eigenvalue weighted by atomic mass is 16.5. The molecule has 4 saturated carbocycles. The molecule has 3 nitrogen and oxygen atoms in total. The van der Waals surface area contributed by atoms with Crippen molar-refractivity contribution in [2.45, 2.75) is 112 Å². The van der Waals surface area contributed by atoms with Gasteiger partial charge in [-0.1, -0.05) is 60.1 Å². The van der Waals surface area contributed by atoms with E-state index in [-0.39, 0.29) is 39.1 Å². The summed E-state index contributed by atoms with van der Waals surface area (Å²) in [6.07, 6.45) is 12.3. The Morgan fingerprint density at radius 2 is 1.65 bits per heavy atom. The van der Waals surface area contributed by atoms with Crippen molar-refractivity contribution in [2.75, 3.05) is 7.11 Å². The van der Waals surface area contributed by atoms with Crippen LogP contribution in [0.3, 0.4) is 0 Å². The van der Waals surface area contributed by atoms with E-state index in [4.69, 9.17) is 4.74 Å². The first-order valence-electron chi connectivity index (χ1n) is 14.3. The van der Waals surface area contributed by atoms with Crippen LogP contribution in [-0.4, -0.2) is 24.3 Å². The molecule has 0 aliphatic heterocycles. The van der Waals surface area contributed by atoms with E-state index in [1.165, 1.54) is 12.8 Å². The predicted octanol–water partition coefficient (Wildman–Crippen LogP) is 7.18. The van der Waals surface area contributed by atoms with Gasteiger partial charge < -0.3 is 9.84 Å². The Labute approximate surface area is 208 Å². The number of hydrogen-bond donors (Lipinski definition) is 1. The minimum atomic E-state index is -0.326. The average molecular weight is 471 g/mol. The van der Waals surface area contributed by atoms with Crippen molar-refractivity contribution in [2.24, 2.45) is 56.7 Å². The maximum Gasteiger partial charge on any atom is 0.312 e. The lowest BCUT2D eigenvalue weighted by Gasteiger charge is -2.71. The molecule has 4 unspecified atom stereocenters. The molecule has 0 heterocycles. The van der Waals surface area contributed by atoms with E-state index < -0.39 is 0 Å². The van der Waals surface area contributed by atoms with Crippen LogP contribution in [0.4, 0.5) is 0 Å². The molecule has 192 valence electrons. The van der Waals surface area contributed by atoms with E-state index in [2.05, 4.69) is 54.5 Å². The molecule has 5 aliphatic rings. The predicted molar refractivity (Wildman–Crippen MR) is 137 cm³/mol. The molecule has 0 aromatic carbocycles. The maximum absolute atomic E-state index is 13.4. The molecule has 0 spiro atoms. The molecule has 3 heteroatoms. The number of carbonyl (C=O) groups is 1. The van der Waals surface area contributed by atoms with Gasteiger partial charge in [-0.15, -0.1) is 0 Å². The zero-order valence-corrected chi connectivity index (χ0v) is 23.2. The highest BCUT2D eigenvalue weighted by Crippen LogP contribution is 2.75. The number of hydrogen-bond acceptors (Lipinski definition) is 3. The molecule has 0 aromatic rings. The van der Waals surface area contributed by atoms with E-state index in [1.54, 1.807) is 12.7 Å². The number of rotatable bonds is 1. The van der Waals surface area contributed by atoms with Crippen molar-refractivity contribution in [1.29, 1.82) is 0 Å². The fraction of sp³-hybridized carbons (Fsp3) is 0.903. The Kier molecular flexibility index (Phi) is 5.55. The zero-order valence-electron chi connectivity index (χ0n) is 23.2.